The van der Waals surface area contributed by atoms with Gasteiger partial charge in [0.25, 0.3) is 0 Å². The zero-order valence-corrected chi connectivity index (χ0v) is 7.52. The Morgan fingerprint density at radius 2 is 2.00 bits per heavy atom. The molecule has 0 atom stereocenters. The summed E-state index contributed by atoms with van der Waals surface area (Å²) >= 11 is 0. The topological polar surface area (TPSA) is 54.4 Å². The summed E-state index contributed by atoms with van der Waals surface area (Å²) in [6.45, 7) is 0. The molecule has 0 spiro atoms. The Bertz CT molecular complexity index is 226. The van der Waals surface area contributed by atoms with Crippen LogP contribution in [0, 0.1) is 0 Å². The lowest BCUT2D eigenvalue weighted by Crippen LogP contribution is -2.38. The summed E-state index contributed by atoms with van der Waals surface area (Å²) in [4.78, 5) is 0. The van der Waals surface area contributed by atoms with Gasteiger partial charge in [0, 0.05) is 6.26 Å². The predicted molar refractivity (Wildman–Crippen MR) is 43.1 cm³/mol. The van der Waals surface area contributed by atoms with Crippen LogP contribution in [0.5, 0.6) is 0 Å². The highest BCUT2D eigenvalue weighted by molar-refractivity contribution is 7.90. The van der Waals surface area contributed by atoms with Crippen molar-refractivity contribution < 1.29 is 13.5 Å². The number of sulfone groups is 1. The zero-order chi connectivity index (χ0) is 8.54. The molecule has 0 amide bonds. The first-order chi connectivity index (χ1) is 4.91. The maximum Gasteiger partial charge on any atom is 0.147 e. The molecule has 1 aliphatic carbocycles. The number of hydrogen-bond donors (Lipinski definition) is 1. The molecule has 0 aromatic carbocycles. The minimum atomic E-state index is -2.89. The summed E-state index contributed by atoms with van der Waals surface area (Å²) in [5.41, 5.74) is -0.650. The van der Waals surface area contributed by atoms with Crippen molar-refractivity contribution in [1.82, 2.24) is 0 Å². The first-order valence-electron chi connectivity index (χ1n) is 3.81. The van der Waals surface area contributed by atoms with Gasteiger partial charge in [0.05, 0.1) is 11.4 Å². The minimum Gasteiger partial charge on any atom is -0.390 e. The van der Waals surface area contributed by atoms with Crippen LogP contribution >= 0.6 is 0 Å². The molecule has 0 unspecified atom stereocenters. The van der Waals surface area contributed by atoms with Crippen molar-refractivity contribution in [1.29, 1.82) is 0 Å². The molecular formula is C7H14O3S. The predicted octanol–water partition coefficient (Wildman–Crippen LogP) is 0.336. The van der Waals surface area contributed by atoms with E-state index in [1.165, 1.54) is 6.26 Å². The molecule has 11 heavy (non-hydrogen) atoms. The molecule has 0 aliphatic heterocycles. The van der Waals surface area contributed by atoms with Gasteiger partial charge in [0.15, 0.2) is 0 Å². The third-order valence-corrected chi connectivity index (χ3v) is 3.17. The second-order valence-electron chi connectivity index (χ2n) is 3.46. The van der Waals surface area contributed by atoms with Crippen molar-refractivity contribution >= 4 is 9.84 Å². The van der Waals surface area contributed by atoms with Crippen LogP contribution in [0.1, 0.15) is 25.7 Å². The molecule has 0 aromatic rings. The Morgan fingerprint density at radius 3 is 2.27 bits per heavy atom. The van der Waals surface area contributed by atoms with Gasteiger partial charge in [-0.25, -0.2) is 8.42 Å². The van der Waals surface area contributed by atoms with E-state index in [2.05, 4.69) is 0 Å². The van der Waals surface area contributed by atoms with Crippen LogP contribution in [0.4, 0.5) is 0 Å². The van der Waals surface area contributed by atoms with Crippen molar-refractivity contribution in [2.24, 2.45) is 0 Å². The van der Waals surface area contributed by atoms with E-state index in [4.69, 9.17) is 0 Å². The minimum absolute atomic E-state index is 0.115. The lowest BCUT2D eigenvalue weighted by molar-refractivity contribution is -0.0352. The van der Waals surface area contributed by atoms with Gasteiger partial charge in [-0.1, -0.05) is 0 Å². The van der Waals surface area contributed by atoms with Crippen molar-refractivity contribution in [3.05, 3.63) is 0 Å². The smallest absolute Gasteiger partial charge is 0.147 e. The SMILES string of the molecule is CS(=O)(=O)CCC1(O)CCC1. The summed E-state index contributed by atoms with van der Waals surface area (Å²) in [5, 5.41) is 9.51. The highest BCUT2D eigenvalue weighted by Crippen LogP contribution is 2.34. The highest BCUT2D eigenvalue weighted by Gasteiger charge is 2.34. The fourth-order valence-electron chi connectivity index (χ4n) is 1.21. The van der Waals surface area contributed by atoms with Crippen LogP contribution in [0.3, 0.4) is 0 Å². The second kappa shape index (κ2) is 2.75. The van der Waals surface area contributed by atoms with Crippen molar-refractivity contribution in [3.63, 3.8) is 0 Å². The van der Waals surface area contributed by atoms with E-state index in [0.29, 0.717) is 6.42 Å². The second-order valence-corrected chi connectivity index (χ2v) is 5.72. The van der Waals surface area contributed by atoms with Crippen LogP contribution in [-0.4, -0.2) is 31.1 Å². The van der Waals surface area contributed by atoms with E-state index >= 15 is 0 Å². The summed E-state index contributed by atoms with van der Waals surface area (Å²) in [5.74, 6) is 0.115. The quantitative estimate of drug-likeness (QED) is 0.678. The molecule has 4 heteroatoms. The molecular weight excluding hydrogens is 164 g/mol. The molecule has 0 saturated heterocycles. The van der Waals surface area contributed by atoms with E-state index in [0.717, 1.165) is 19.3 Å². The van der Waals surface area contributed by atoms with Crippen molar-refractivity contribution in [2.75, 3.05) is 12.0 Å². The summed E-state index contributed by atoms with van der Waals surface area (Å²) < 4.78 is 21.4. The fourth-order valence-corrected chi connectivity index (χ4v) is 1.96. The normalized spacial score (nSPS) is 22.7. The van der Waals surface area contributed by atoms with E-state index in [9.17, 15) is 13.5 Å². The van der Waals surface area contributed by atoms with Gasteiger partial charge >= 0.3 is 0 Å². The molecule has 66 valence electrons. The van der Waals surface area contributed by atoms with E-state index < -0.39 is 15.4 Å². The molecule has 1 aliphatic rings. The lowest BCUT2D eigenvalue weighted by Gasteiger charge is -2.36. The fraction of sp³-hybridized carbons (Fsp3) is 1.00. The van der Waals surface area contributed by atoms with Gasteiger partial charge in [-0.15, -0.1) is 0 Å². The standard InChI is InChI=1S/C7H14O3S/c1-11(9,10)6-5-7(8)3-2-4-7/h8H,2-6H2,1H3. The number of hydrogen-bond acceptors (Lipinski definition) is 3. The Morgan fingerprint density at radius 1 is 1.45 bits per heavy atom. The molecule has 0 bridgehead atoms. The lowest BCUT2D eigenvalue weighted by atomic mass is 9.78. The number of rotatable bonds is 3. The van der Waals surface area contributed by atoms with Crippen LogP contribution < -0.4 is 0 Å². The Labute approximate surface area is 67.3 Å². The summed E-state index contributed by atoms with van der Waals surface area (Å²) in [6.07, 6.45) is 4.17. The van der Waals surface area contributed by atoms with Crippen molar-refractivity contribution in [3.8, 4) is 0 Å². The monoisotopic (exact) mass is 178 g/mol. The van der Waals surface area contributed by atoms with Crippen LogP contribution in [0.15, 0.2) is 0 Å². The van der Waals surface area contributed by atoms with Gasteiger partial charge in [-0.2, -0.15) is 0 Å². The third-order valence-electron chi connectivity index (χ3n) is 2.22. The molecule has 1 fully saturated rings. The van der Waals surface area contributed by atoms with Gasteiger partial charge in [-0.05, 0) is 25.7 Å². The van der Waals surface area contributed by atoms with Gasteiger partial charge in [-0.3, -0.25) is 0 Å². The highest BCUT2D eigenvalue weighted by atomic mass is 32.2. The van der Waals surface area contributed by atoms with E-state index in [1.807, 2.05) is 0 Å². The van der Waals surface area contributed by atoms with Crippen LogP contribution in [0.25, 0.3) is 0 Å². The average Bonchev–Trinajstić information content (AvgIpc) is 1.77. The zero-order valence-electron chi connectivity index (χ0n) is 6.71. The van der Waals surface area contributed by atoms with Gasteiger partial charge in [0.2, 0.25) is 0 Å². The summed E-state index contributed by atoms with van der Waals surface area (Å²) in [6, 6.07) is 0. The molecule has 0 heterocycles. The molecule has 0 aromatic heterocycles. The number of aliphatic hydroxyl groups is 1. The first kappa shape index (κ1) is 9.00. The van der Waals surface area contributed by atoms with Crippen LogP contribution in [0.2, 0.25) is 0 Å². The van der Waals surface area contributed by atoms with Crippen molar-refractivity contribution in [2.45, 2.75) is 31.3 Å². The first-order valence-corrected chi connectivity index (χ1v) is 5.88. The Hall–Kier alpha value is -0.0900. The molecule has 1 N–H and O–H groups in total. The largest absolute Gasteiger partial charge is 0.390 e. The molecule has 1 saturated carbocycles. The summed E-state index contributed by atoms with van der Waals surface area (Å²) in [7, 11) is -2.89. The van der Waals surface area contributed by atoms with Gasteiger partial charge in [0.1, 0.15) is 9.84 Å². The Balaban J connectivity index is 2.33. The average molecular weight is 178 g/mol. The molecule has 0 radical (unpaired) electrons. The maximum atomic E-state index is 10.7. The van der Waals surface area contributed by atoms with E-state index in [-0.39, 0.29) is 5.75 Å². The maximum absolute atomic E-state index is 10.7. The van der Waals surface area contributed by atoms with Crippen LogP contribution in [-0.2, 0) is 9.84 Å². The molecule has 3 nitrogen and oxygen atoms in total. The van der Waals surface area contributed by atoms with E-state index in [1.54, 1.807) is 0 Å². The van der Waals surface area contributed by atoms with Gasteiger partial charge < -0.3 is 5.11 Å². The Kier molecular flexibility index (Phi) is 2.25. The molecule has 1 rings (SSSR count). The third kappa shape index (κ3) is 2.79.